The van der Waals surface area contributed by atoms with E-state index in [1.807, 2.05) is 30.3 Å². The molecule has 0 radical (unpaired) electrons. The number of carbonyl (C=O) groups is 1. The molecule has 5 heteroatoms. The average molecular weight is 257 g/mol. The molecule has 0 fully saturated rings. The van der Waals surface area contributed by atoms with Gasteiger partial charge >= 0.3 is 5.97 Å². The number of rotatable bonds is 5. The molecule has 0 heterocycles. The molecule has 98 valence electrons. The van der Waals surface area contributed by atoms with Gasteiger partial charge in [0.15, 0.2) is 5.57 Å². The second-order valence-corrected chi connectivity index (χ2v) is 3.60. The third-order valence-corrected chi connectivity index (χ3v) is 2.12. The van der Waals surface area contributed by atoms with E-state index in [0.29, 0.717) is 0 Å². The van der Waals surface area contributed by atoms with E-state index in [9.17, 15) is 4.79 Å². The van der Waals surface area contributed by atoms with Gasteiger partial charge in [-0.05, 0) is 12.5 Å². The number of hydrogen-bond donors (Lipinski definition) is 0. The molecular weight excluding hydrogens is 242 g/mol. The molecule has 0 bridgehead atoms. The van der Waals surface area contributed by atoms with Gasteiger partial charge in [-0.25, -0.2) is 4.79 Å². The van der Waals surface area contributed by atoms with Crippen LogP contribution >= 0.6 is 0 Å². The van der Waals surface area contributed by atoms with E-state index in [-0.39, 0.29) is 12.2 Å². The van der Waals surface area contributed by atoms with Crippen LogP contribution in [0, 0.1) is 11.3 Å². The standard InChI is InChI=1S/C14H15N3O2/c1-3-19-14(18)13(9-15)11-17(2)16-10-12-7-5-4-6-8-12/h4-8,10-11H,3H2,1-2H3/b13-11-,16-10+. The summed E-state index contributed by atoms with van der Waals surface area (Å²) in [6.45, 7) is 1.92. The number of nitrogens with zero attached hydrogens (tertiary/aromatic N) is 3. The summed E-state index contributed by atoms with van der Waals surface area (Å²) in [7, 11) is 1.63. The lowest BCUT2D eigenvalue weighted by molar-refractivity contribution is -0.138. The lowest BCUT2D eigenvalue weighted by Gasteiger charge is -2.07. The van der Waals surface area contributed by atoms with Crippen LogP contribution in [0.3, 0.4) is 0 Å². The molecule has 0 unspecified atom stereocenters. The molecule has 0 aromatic heterocycles. The summed E-state index contributed by atoms with van der Waals surface area (Å²) in [6.07, 6.45) is 2.97. The Hall–Kier alpha value is -2.61. The minimum Gasteiger partial charge on any atom is -0.462 e. The number of esters is 1. The summed E-state index contributed by atoms with van der Waals surface area (Å²) < 4.78 is 4.75. The van der Waals surface area contributed by atoms with Gasteiger partial charge in [-0.1, -0.05) is 30.3 Å². The Morgan fingerprint density at radius 2 is 2.16 bits per heavy atom. The Bertz CT molecular complexity index is 515. The molecule has 1 aromatic carbocycles. The SMILES string of the molecule is CCOC(=O)/C(C#N)=C\N(C)/N=C/c1ccccc1. The van der Waals surface area contributed by atoms with Crippen LogP contribution in [0.15, 0.2) is 47.2 Å². The summed E-state index contributed by atoms with van der Waals surface area (Å²) in [5, 5.41) is 14.3. The van der Waals surface area contributed by atoms with Gasteiger partial charge in [0.2, 0.25) is 0 Å². The van der Waals surface area contributed by atoms with Crippen molar-refractivity contribution in [1.29, 1.82) is 5.26 Å². The second kappa shape index (κ2) is 7.67. The van der Waals surface area contributed by atoms with Crippen molar-refractivity contribution >= 4 is 12.2 Å². The number of carbonyl (C=O) groups excluding carboxylic acids is 1. The smallest absolute Gasteiger partial charge is 0.350 e. The van der Waals surface area contributed by atoms with E-state index in [1.165, 1.54) is 11.2 Å². The summed E-state index contributed by atoms with van der Waals surface area (Å²) in [4.78, 5) is 11.4. The first-order chi connectivity index (χ1) is 9.17. The largest absolute Gasteiger partial charge is 0.462 e. The van der Waals surface area contributed by atoms with Crippen LogP contribution in [0.4, 0.5) is 0 Å². The highest BCUT2D eigenvalue weighted by molar-refractivity contribution is 5.92. The maximum Gasteiger partial charge on any atom is 0.350 e. The van der Waals surface area contributed by atoms with Crippen molar-refractivity contribution < 1.29 is 9.53 Å². The van der Waals surface area contributed by atoms with Gasteiger partial charge < -0.3 is 4.74 Å². The van der Waals surface area contributed by atoms with E-state index < -0.39 is 5.97 Å². The lowest BCUT2D eigenvalue weighted by Crippen LogP contribution is -2.11. The van der Waals surface area contributed by atoms with Gasteiger partial charge in [0.25, 0.3) is 0 Å². The van der Waals surface area contributed by atoms with Crippen LogP contribution in [-0.2, 0) is 9.53 Å². The molecule has 0 aliphatic heterocycles. The minimum atomic E-state index is -0.647. The molecule has 0 saturated heterocycles. The quantitative estimate of drug-likeness (QED) is 0.266. The maximum absolute atomic E-state index is 11.4. The Balaban J connectivity index is 2.72. The monoisotopic (exact) mass is 257 g/mol. The molecule has 19 heavy (non-hydrogen) atoms. The van der Waals surface area contributed by atoms with Gasteiger partial charge in [0, 0.05) is 13.2 Å². The van der Waals surface area contributed by atoms with Crippen LogP contribution in [0.2, 0.25) is 0 Å². The van der Waals surface area contributed by atoms with Gasteiger partial charge in [0.05, 0.1) is 12.8 Å². The highest BCUT2D eigenvalue weighted by Crippen LogP contribution is 2.00. The van der Waals surface area contributed by atoms with Gasteiger partial charge in [-0.3, -0.25) is 5.01 Å². The zero-order valence-corrected chi connectivity index (χ0v) is 10.9. The molecule has 0 amide bonds. The van der Waals surface area contributed by atoms with Crippen LogP contribution in [0.5, 0.6) is 0 Å². The van der Waals surface area contributed by atoms with Crippen molar-refractivity contribution in [3.8, 4) is 6.07 Å². The highest BCUT2D eigenvalue weighted by atomic mass is 16.5. The molecule has 0 aliphatic rings. The fraction of sp³-hybridized carbons (Fsp3) is 0.214. The summed E-state index contributed by atoms with van der Waals surface area (Å²) in [5.74, 6) is -0.647. The van der Waals surface area contributed by atoms with Crippen molar-refractivity contribution in [3.63, 3.8) is 0 Å². The third-order valence-electron chi connectivity index (χ3n) is 2.12. The first-order valence-electron chi connectivity index (χ1n) is 5.78. The molecule has 0 atom stereocenters. The Kier molecular flexibility index (Phi) is 5.83. The number of benzene rings is 1. The number of ether oxygens (including phenoxy) is 1. The van der Waals surface area contributed by atoms with Crippen LogP contribution in [-0.4, -0.2) is 30.8 Å². The lowest BCUT2D eigenvalue weighted by atomic mass is 10.2. The molecule has 1 aromatic rings. The van der Waals surface area contributed by atoms with Crippen molar-refractivity contribution in [2.45, 2.75) is 6.92 Å². The normalized spacial score (nSPS) is 11.1. The van der Waals surface area contributed by atoms with E-state index >= 15 is 0 Å². The van der Waals surface area contributed by atoms with Crippen molar-refractivity contribution in [1.82, 2.24) is 5.01 Å². The molecule has 1 rings (SSSR count). The second-order valence-electron chi connectivity index (χ2n) is 3.60. The first-order valence-corrected chi connectivity index (χ1v) is 5.78. The van der Waals surface area contributed by atoms with Crippen molar-refractivity contribution in [2.24, 2.45) is 5.10 Å². The number of hydrogen-bond acceptors (Lipinski definition) is 5. The van der Waals surface area contributed by atoms with Gasteiger partial charge in [0.1, 0.15) is 6.07 Å². The average Bonchev–Trinajstić information content (AvgIpc) is 2.44. The van der Waals surface area contributed by atoms with Crippen molar-refractivity contribution in [2.75, 3.05) is 13.7 Å². The van der Waals surface area contributed by atoms with Gasteiger partial charge in [-0.15, -0.1) is 0 Å². The predicted octanol–water partition coefficient (Wildman–Crippen LogP) is 1.92. The van der Waals surface area contributed by atoms with E-state index in [2.05, 4.69) is 5.10 Å². The zero-order chi connectivity index (χ0) is 14.1. The fourth-order valence-electron chi connectivity index (χ4n) is 1.25. The molecule has 0 saturated carbocycles. The number of hydrazone groups is 1. The maximum atomic E-state index is 11.4. The first kappa shape index (κ1) is 14.5. The molecular formula is C14H15N3O2. The third kappa shape index (κ3) is 5.04. The molecule has 0 N–H and O–H groups in total. The highest BCUT2D eigenvalue weighted by Gasteiger charge is 2.10. The topological polar surface area (TPSA) is 65.7 Å². The fourth-order valence-corrected chi connectivity index (χ4v) is 1.25. The number of nitriles is 1. The Labute approximate surface area is 112 Å². The molecule has 0 aliphatic carbocycles. The molecule has 0 spiro atoms. The van der Waals surface area contributed by atoms with Crippen LogP contribution < -0.4 is 0 Å². The van der Waals surface area contributed by atoms with E-state index in [0.717, 1.165) is 5.56 Å². The summed E-state index contributed by atoms with van der Waals surface area (Å²) >= 11 is 0. The van der Waals surface area contributed by atoms with Crippen LogP contribution in [0.25, 0.3) is 0 Å². The minimum absolute atomic E-state index is 0.0884. The van der Waals surface area contributed by atoms with E-state index in [4.69, 9.17) is 10.00 Å². The Morgan fingerprint density at radius 3 is 2.74 bits per heavy atom. The van der Waals surface area contributed by atoms with Crippen LogP contribution in [0.1, 0.15) is 12.5 Å². The predicted molar refractivity (Wildman–Crippen MR) is 72.1 cm³/mol. The summed E-state index contributed by atoms with van der Waals surface area (Å²) in [6, 6.07) is 11.3. The Morgan fingerprint density at radius 1 is 1.47 bits per heavy atom. The summed E-state index contributed by atoms with van der Waals surface area (Å²) in [5.41, 5.74) is 0.840. The zero-order valence-electron chi connectivity index (χ0n) is 10.9. The van der Waals surface area contributed by atoms with Gasteiger partial charge in [-0.2, -0.15) is 10.4 Å². The molecule has 5 nitrogen and oxygen atoms in total. The van der Waals surface area contributed by atoms with E-state index in [1.54, 1.807) is 26.3 Å². The van der Waals surface area contributed by atoms with Crippen molar-refractivity contribution in [3.05, 3.63) is 47.7 Å².